The zero-order valence-electron chi connectivity index (χ0n) is 53.5. The van der Waals surface area contributed by atoms with Gasteiger partial charge in [-0.1, -0.05) is 167 Å². The maximum absolute atomic E-state index is 12.6. The van der Waals surface area contributed by atoms with E-state index >= 15 is 0 Å². The maximum atomic E-state index is 12.6. The summed E-state index contributed by atoms with van der Waals surface area (Å²) in [7, 11) is 0. The Morgan fingerprint density at radius 3 is 1.22 bits per heavy atom. The molecular weight excluding hydrogens is 1090 g/mol. The van der Waals surface area contributed by atoms with Crippen molar-refractivity contribution in [3.8, 4) is 23.7 Å². The summed E-state index contributed by atoms with van der Waals surface area (Å²) in [4.78, 5) is 88.2. The highest BCUT2D eigenvalue weighted by Crippen LogP contribution is 2.25. The molecular formula is C70H93N9O8. The van der Waals surface area contributed by atoms with Gasteiger partial charge in [-0.15, -0.1) is 0 Å². The highest BCUT2D eigenvalue weighted by atomic mass is 16.4. The quantitative estimate of drug-likeness (QED) is 0.0219. The number of amides is 4. The first kappa shape index (κ1) is 74.0. The number of benzene rings is 4. The molecule has 0 radical (unpaired) electrons. The van der Waals surface area contributed by atoms with Crippen molar-refractivity contribution in [3.63, 3.8) is 0 Å². The minimum absolute atomic E-state index is 0.0292. The first-order valence-electron chi connectivity index (χ1n) is 29.0. The molecule has 5 aromatic rings. The molecule has 5 atom stereocenters. The third kappa shape index (κ3) is 33.9. The van der Waals surface area contributed by atoms with Gasteiger partial charge in [-0.25, -0.2) is 9.67 Å². The smallest absolute Gasteiger partial charge is 0.306 e. The molecule has 17 heteroatoms. The van der Waals surface area contributed by atoms with Crippen molar-refractivity contribution in [2.24, 2.45) is 44.5 Å². The first-order valence-corrected chi connectivity index (χ1v) is 29.0. The molecule has 4 amide bonds. The van der Waals surface area contributed by atoms with Crippen LogP contribution >= 0.6 is 0 Å². The van der Waals surface area contributed by atoms with E-state index < -0.39 is 35.9 Å². The molecule has 4 aromatic carbocycles. The lowest BCUT2D eigenvalue weighted by Crippen LogP contribution is -2.47. The number of aromatic nitrogens is 2. The summed E-state index contributed by atoms with van der Waals surface area (Å²) < 4.78 is 1.72. The summed E-state index contributed by atoms with van der Waals surface area (Å²) in [5.74, 6) is 9.34. The van der Waals surface area contributed by atoms with Crippen LogP contribution in [-0.4, -0.2) is 93.2 Å². The number of carbonyl (C=O) groups is 7. The summed E-state index contributed by atoms with van der Waals surface area (Å²) in [5, 5.41) is 23.1. The number of hydrogen-bond acceptors (Lipinski definition) is 9. The van der Waals surface area contributed by atoms with Crippen molar-refractivity contribution in [3.05, 3.63) is 168 Å². The lowest BCUT2D eigenvalue weighted by molar-refractivity contribution is -0.142. The monoisotopic (exact) mass is 1190 g/mol. The number of aliphatic imine (C=N–C) groups is 1. The van der Waals surface area contributed by atoms with Gasteiger partial charge in [0.15, 0.2) is 17.5 Å². The fourth-order valence-corrected chi connectivity index (χ4v) is 8.43. The van der Waals surface area contributed by atoms with Crippen LogP contribution in [0, 0.1) is 51.8 Å². The number of nitrogens with two attached hydrogens (primary N) is 2. The molecule has 0 saturated carbocycles. The van der Waals surface area contributed by atoms with Crippen molar-refractivity contribution < 1.29 is 38.7 Å². The number of carboxylic acid groups (broad SMARTS) is 1. The number of guanidine groups is 1. The molecule has 0 saturated heterocycles. The molecule has 1 aromatic heterocycles. The molecule has 87 heavy (non-hydrogen) atoms. The zero-order chi connectivity index (χ0) is 65.5. The Morgan fingerprint density at radius 1 is 0.552 bits per heavy atom. The SMILES string of the molecule is C=C(C)n1cccn1.CC(=O)[C@H](Cc1ccc(C#Cc2ccccc2)cc1)NC(=O)CNC(=O)[C@@H](CC(C)(C)C)N=C(N)N.CC(=O)[C@H](Cc1ccc(C#Cc2ccccc2)cc1)NC(=O)CNC(=O)[C@H](C)CC(C)(C)C.C[C@H](CC(C)(C)C)C(=O)O. The van der Waals surface area contributed by atoms with Gasteiger partial charge in [-0.3, -0.25) is 33.6 Å². The summed E-state index contributed by atoms with van der Waals surface area (Å²) in [5.41, 5.74) is 17.2. The third-order valence-corrected chi connectivity index (χ3v) is 12.6. The van der Waals surface area contributed by atoms with E-state index in [9.17, 15) is 33.6 Å². The number of aliphatic carboxylic acids is 1. The van der Waals surface area contributed by atoms with E-state index in [1.165, 1.54) is 13.8 Å². The van der Waals surface area contributed by atoms with Crippen molar-refractivity contribution in [2.75, 3.05) is 13.1 Å². The van der Waals surface area contributed by atoms with Gasteiger partial charge < -0.3 is 37.8 Å². The lowest BCUT2D eigenvalue weighted by Gasteiger charge is -2.23. The van der Waals surface area contributed by atoms with E-state index in [2.05, 4.69) is 82.4 Å². The summed E-state index contributed by atoms with van der Waals surface area (Å²) in [6.07, 6.45) is 6.16. The van der Waals surface area contributed by atoms with Crippen LogP contribution in [0.2, 0.25) is 0 Å². The van der Waals surface area contributed by atoms with Crippen LogP contribution in [0.25, 0.3) is 5.70 Å². The maximum Gasteiger partial charge on any atom is 0.306 e. The molecule has 5 rings (SSSR count). The highest BCUT2D eigenvalue weighted by Gasteiger charge is 2.27. The van der Waals surface area contributed by atoms with E-state index in [-0.39, 0.29) is 70.5 Å². The minimum atomic E-state index is -0.810. The Bertz CT molecular complexity index is 3160. The van der Waals surface area contributed by atoms with E-state index in [1.54, 1.807) is 17.8 Å². The Kier molecular flexibility index (Phi) is 31.2. The Labute approximate surface area is 516 Å². The van der Waals surface area contributed by atoms with Crippen LogP contribution in [-0.2, 0) is 46.4 Å². The second-order valence-corrected chi connectivity index (χ2v) is 25.1. The molecule has 1 heterocycles. The number of Topliss-reactive ketones (excluding diaryl/α,β-unsaturated/α-hetero) is 2. The first-order chi connectivity index (χ1) is 40.6. The molecule has 0 aliphatic rings. The van der Waals surface area contributed by atoms with Gasteiger partial charge in [0.2, 0.25) is 23.6 Å². The normalized spacial score (nSPS) is 12.4. The molecule has 0 aliphatic heterocycles. The van der Waals surface area contributed by atoms with Gasteiger partial charge in [-0.2, -0.15) is 5.10 Å². The van der Waals surface area contributed by atoms with Crippen molar-refractivity contribution >= 4 is 52.8 Å². The fraction of sp³-hybridized carbons (Fsp3) is 0.414. The van der Waals surface area contributed by atoms with Gasteiger partial charge in [0, 0.05) is 46.3 Å². The number of rotatable bonds is 20. The van der Waals surface area contributed by atoms with Gasteiger partial charge in [-0.05, 0) is 135 Å². The average molecular weight is 1190 g/mol. The zero-order valence-corrected chi connectivity index (χ0v) is 53.5. The number of carboxylic acids is 1. The fourth-order valence-electron chi connectivity index (χ4n) is 8.43. The largest absolute Gasteiger partial charge is 0.481 e. The highest BCUT2D eigenvalue weighted by molar-refractivity contribution is 5.92. The Balaban J connectivity index is 0.000000461. The third-order valence-electron chi connectivity index (χ3n) is 12.6. The van der Waals surface area contributed by atoms with Gasteiger partial charge >= 0.3 is 5.97 Å². The summed E-state index contributed by atoms with van der Waals surface area (Å²) in [6, 6.07) is 34.3. The topological polar surface area (TPSA) is 270 Å². The molecule has 9 N–H and O–H groups in total. The number of nitrogens with zero attached hydrogens (tertiary/aromatic N) is 3. The molecule has 0 aliphatic carbocycles. The summed E-state index contributed by atoms with van der Waals surface area (Å²) in [6.45, 7) is 29.9. The van der Waals surface area contributed by atoms with E-state index in [0.717, 1.165) is 51.9 Å². The predicted octanol–water partition coefficient (Wildman–Crippen LogP) is 9.31. The van der Waals surface area contributed by atoms with Gasteiger partial charge in [0.05, 0.1) is 31.1 Å². The van der Waals surface area contributed by atoms with Crippen LogP contribution in [0.5, 0.6) is 0 Å². The van der Waals surface area contributed by atoms with Crippen LogP contribution in [0.1, 0.15) is 150 Å². The van der Waals surface area contributed by atoms with Crippen molar-refractivity contribution in [1.29, 1.82) is 0 Å². The van der Waals surface area contributed by atoms with E-state index in [4.69, 9.17) is 16.6 Å². The summed E-state index contributed by atoms with van der Waals surface area (Å²) >= 11 is 0. The minimum Gasteiger partial charge on any atom is -0.481 e. The molecule has 466 valence electrons. The lowest BCUT2D eigenvalue weighted by atomic mass is 9.85. The van der Waals surface area contributed by atoms with Gasteiger partial charge in [0.1, 0.15) is 6.04 Å². The van der Waals surface area contributed by atoms with Gasteiger partial charge in [0.25, 0.3) is 0 Å². The molecule has 0 unspecified atom stereocenters. The number of carbonyl (C=O) groups excluding carboxylic acids is 6. The Morgan fingerprint density at radius 2 is 0.920 bits per heavy atom. The number of ketones is 2. The molecule has 0 fully saturated rings. The molecule has 0 bridgehead atoms. The number of nitrogens with one attached hydrogen (secondary N) is 4. The predicted molar refractivity (Wildman–Crippen MR) is 347 cm³/mol. The second kappa shape index (κ2) is 36.7. The van der Waals surface area contributed by atoms with Crippen LogP contribution < -0.4 is 32.7 Å². The standard InChI is InChI=1S/C28H35N5O3.C28H34N2O3.C8H16O2.C6H8N2/c1-19(34)23(16-22-14-12-21(13-15-22)11-10-20-8-6-5-7-9-20)32-25(35)18-31-26(36)24(33-27(29)30)17-28(2,3)4;1-20(18-28(3,4)5)27(33)29-19-26(32)30-25(21(2)31)17-24-15-13-23(14-16-24)12-11-22-9-7-6-8-10-22;1-6(7(9)10)5-8(2,3)4;1-6(2)8-5-3-4-7-8/h5-9,12-15,23-24H,16-18H2,1-4H3,(H,31,36)(H,32,35)(H4,29,30,33);6-10,13-16,20,25H,17-19H2,1-5H3,(H,29,33)(H,30,32);6H,5H2,1-4H3,(H,9,10);3-5H,1H2,2H3/t23-,24+;20-,25+;6-;/m011./s1. The molecule has 0 spiro atoms. The second-order valence-electron chi connectivity index (χ2n) is 25.1. The van der Waals surface area contributed by atoms with E-state index in [1.807, 2.05) is 177 Å². The molecule has 17 nitrogen and oxygen atoms in total. The van der Waals surface area contributed by atoms with Crippen LogP contribution in [0.3, 0.4) is 0 Å². The van der Waals surface area contributed by atoms with E-state index in [0.29, 0.717) is 19.3 Å². The van der Waals surface area contributed by atoms with Crippen molar-refractivity contribution in [2.45, 2.75) is 147 Å². The Hall–Kier alpha value is -9.09. The van der Waals surface area contributed by atoms with Crippen LogP contribution in [0.4, 0.5) is 0 Å². The average Bonchev–Trinajstić information content (AvgIpc) is 4.16. The van der Waals surface area contributed by atoms with Crippen LogP contribution in [0.15, 0.2) is 139 Å². The number of allylic oxidation sites excluding steroid dienone is 1. The number of hydrogen-bond donors (Lipinski definition) is 7. The van der Waals surface area contributed by atoms with Crippen molar-refractivity contribution in [1.82, 2.24) is 31.0 Å².